The summed E-state index contributed by atoms with van der Waals surface area (Å²) in [4.78, 5) is 2.59. The van der Waals surface area contributed by atoms with Gasteiger partial charge in [-0.05, 0) is 57.8 Å². The van der Waals surface area contributed by atoms with Crippen molar-refractivity contribution in [3.8, 4) is 5.75 Å². The Labute approximate surface area is 123 Å². The molecule has 3 heteroatoms. The molecule has 2 atom stereocenters. The topological polar surface area (TPSA) is 24.5 Å². The number of nitrogens with zero attached hydrogens (tertiary/aromatic N) is 1. The molecule has 1 heterocycles. The third kappa shape index (κ3) is 4.80. The second-order valence-electron chi connectivity index (χ2n) is 5.80. The van der Waals surface area contributed by atoms with Crippen LogP contribution in [-0.4, -0.2) is 44.2 Å². The van der Waals surface area contributed by atoms with Gasteiger partial charge in [0.15, 0.2) is 0 Å². The van der Waals surface area contributed by atoms with Gasteiger partial charge in [0, 0.05) is 19.1 Å². The fourth-order valence-corrected chi connectivity index (χ4v) is 2.93. The van der Waals surface area contributed by atoms with E-state index < -0.39 is 0 Å². The van der Waals surface area contributed by atoms with Crippen molar-refractivity contribution in [2.75, 3.05) is 33.3 Å². The van der Waals surface area contributed by atoms with Gasteiger partial charge in [0.05, 0.1) is 6.61 Å². The van der Waals surface area contributed by atoms with Crippen LogP contribution in [0, 0.1) is 5.92 Å². The highest BCUT2D eigenvalue weighted by Gasteiger charge is 2.23. The Morgan fingerprint density at radius 3 is 2.90 bits per heavy atom. The highest BCUT2D eigenvalue weighted by atomic mass is 16.5. The Morgan fingerprint density at radius 1 is 1.35 bits per heavy atom. The van der Waals surface area contributed by atoms with Gasteiger partial charge >= 0.3 is 0 Å². The summed E-state index contributed by atoms with van der Waals surface area (Å²) in [6.45, 7) is 6.74. The summed E-state index contributed by atoms with van der Waals surface area (Å²) in [5.74, 6) is 1.77. The van der Waals surface area contributed by atoms with Crippen LogP contribution in [0.25, 0.3) is 0 Å². The summed E-state index contributed by atoms with van der Waals surface area (Å²) < 4.78 is 5.75. The van der Waals surface area contributed by atoms with Crippen molar-refractivity contribution in [2.45, 2.75) is 32.2 Å². The molecule has 1 aliphatic heterocycles. The zero-order valence-corrected chi connectivity index (χ0v) is 12.8. The molecule has 3 nitrogen and oxygen atoms in total. The highest BCUT2D eigenvalue weighted by molar-refractivity contribution is 5.20. The lowest BCUT2D eigenvalue weighted by Gasteiger charge is -2.35. The van der Waals surface area contributed by atoms with Crippen LogP contribution in [0.4, 0.5) is 0 Å². The van der Waals surface area contributed by atoms with Crippen molar-refractivity contribution in [1.82, 2.24) is 10.2 Å². The maximum atomic E-state index is 5.75. The molecule has 0 bridgehead atoms. The molecule has 0 amide bonds. The van der Waals surface area contributed by atoms with E-state index in [0.717, 1.165) is 31.2 Å². The van der Waals surface area contributed by atoms with Gasteiger partial charge in [0.2, 0.25) is 0 Å². The van der Waals surface area contributed by atoms with Gasteiger partial charge in [-0.3, -0.25) is 0 Å². The summed E-state index contributed by atoms with van der Waals surface area (Å²) in [6.07, 6.45) is 3.80. The SMILES string of the molecule is CNC(C)C1CCCN(CCCOc2ccccc2)C1. The third-order valence-corrected chi connectivity index (χ3v) is 4.34. The number of rotatable bonds is 7. The summed E-state index contributed by atoms with van der Waals surface area (Å²) in [6, 6.07) is 10.7. The number of hydrogen-bond donors (Lipinski definition) is 1. The lowest BCUT2D eigenvalue weighted by Crippen LogP contribution is -2.43. The highest BCUT2D eigenvalue weighted by Crippen LogP contribution is 2.19. The molecule has 2 rings (SSSR count). The van der Waals surface area contributed by atoms with Crippen LogP contribution in [0.5, 0.6) is 5.75 Å². The van der Waals surface area contributed by atoms with E-state index in [0.29, 0.717) is 6.04 Å². The number of piperidine rings is 1. The Kier molecular flexibility index (Phi) is 6.34. The summed E-state index contributed by atoms with van der Waals surface area (Å²) in [5.41, 5.74) is 0. The molecule has 20 heavy (non-hydrogen) atoms. The zero-order valence-electron chi connectivity index (χ0n) is 12.8. The fourth-order valence-electron chi connectivity index (χ4n) is 2.93. The molecule has 1 N–H and O–H groups in total. The quantitative estimate of drug-likeness (QED) is 0.775. The molecule has 0 saturated carbocycles. The number of benzene rings is 1. The van der Waals surface area contributed by atoms with Crippen molar-refractivity contribution in [3.63, 3.8) is 0 Å². The first-order chi connectivity index (χ1) is 9.79. The molecule has 0 aliphatic carbocycles. The molecule has 1 aromatic rings. The first kappa shape index (κ1) is 15.3. The first-order valence-electron chi connectivity index (χ1n) is 7.87. The van der Waals surface area contributed by atoms with Gasteiger partial charge in [-0.15, -0.1) is 0 Å². The second-order valence-corrected chi connectivity index (χ2v) is 5.80. The molecule has 1 fully saturated rings. The van der Waals surface area contributed by atoms with Crippen molar-refractivity contribution in [2.24, 2.45) is 5.92 Å². The van der Waals surface area contributed by atoms with Crippen LogP contribution in [0.1, 0.15) is 26.2 Å². The van der Waals surface area contributed by atoms with Crippen LogP contribution in [0.2, 0.25) is 0 Å². The van der Waals surface area contributed by atoms with Crippen LogP contribution in [0.15, 0.2) is 30.3 Å². The van der Waals surface area contributed by atoms with E-state index in [4.69, 9.17) is 4.74 Å². The lowest BCUT2D eigenvalue weighted by atomic mass is 9.91. The smallest absolute Gasteiger partial charge is 0.119 e. The van der Waals surface area contributed by atoms with Crippen molar-refractivity contribution in [3.05, 3.63) is 30.3 Å². The molecule has 112 valence electrons. The maximum Gasteiger partial charge on any atom is 0.119 e. The molecule has 2 unspecified atom stereocenters. The van der Waals surface area contributed by atoms with Crippen LogP contribution < -0.4 is 10.1 Å². The summed E-state index contributed by atoms with van der Waals surface area (Å²) >= 11 is 0. The Balaban J connectivity index is 1.64. The monoisotopic (exact) mass is 276 g/mol. The van der Waals surface area contributed by atoms with Gasteiger partial charge in [-0.25, -0.2) is 0 Å². The molecular formula is C17H28N2O. The largest absolute Gasteiger partial charge is 0.494 e. The average Bonchev–Trinajstić information content (AvgIpc) is 2.52. The number of nitrogens with one attached hydrogen (secondary N) is 1. The van der Waals surface area contributed by atoms with Crippen molar-refractivity contribution in [1.29, 1.82) is 0 Å². The van der Waals surface area contributed by atoms with Crippen molar-refractivity contribution < 1.29 is 4.74 Å². The predicted molar refractivity (Wildman–Crippen MR) is 84.2 cm³/mol. The molecule has 0 aromatic heterocycles. The van der Waals surface area contributed by atoms with Gasteiger partial charge in [0.1, 0.15) is 5.75 Å². The molecule has 1 aliphatic rings. The van der Waals surface area contributed by atoms with Gasteiger partial charge in [0.25, 0.3) is 0 Å². The lowest BCUT2D eigenvalue weighted by molar-refractivity contribution is 0.144. The minimum absolute atomic E-state index is 0.623. The standard InChI is InChI=1S/C17H28N2O/c1-15(18-2)16-8-6-11-19(14-16)12-7-13-20-17-9-4-3-5-10-17/h3-5,9-10,15-16,18H,6-8,11-14H2,1-2H3. The number of ether oxygens (including phenoxy) is 1. The van der Waals surface area contributed by atoms with Crippen molar-refractivity contribution >= 4 is 0 Å². The van der Waals surface area contributed by atoms with E-state index in [9.17, 15) is 0 Å². The Morgan fingerprint density at radius 2 is 2.15 bits per heavy atom. The number of para-hydroxylation sites is 1. The van der Waals surface area contributed by atoms with Gasteiger partial charge in [-0.2, -0.15) is 0 Å². The van der Waals surface area contributed by atoms with Crippen LogP contribution >= 0.6 is 0 Å². The van der Waals surface area contributed by atoms with E-state index in [1.165, 1.54) is 25.9 Å². The molecule has 0 radical (unpaired) electrons. The van der Waals surface area contributed by atoms with Crippen LogP contribution in [0.3, 0.4) is 0 Å². The van der Waals surface area contributed by atoms with E-state index >= 15 is 0 Å². The second kappa shape index (κ2) is 8.28. The molecular weight excluding hydrogens is 248 g/mol. The van der Waals surface area contributed by atoms with Crippen LogP contribution in [-0.2, 0) is 0 Å². The van der Waals surface area contributed by atoms with E-state index in [-0.39, 0.29) is 0 Å². The summed E-state index contributed by atoms with van der Waals surface area (Å²) in [5, 5.41) is 3.39. The van der Waals surface area contributed by atoms with Gasteiger partial charge in [-0.1, -0.05) is 18.2 Å². The Bertz CT molecular complexity index is 369. The van der Waals surface area contributed by atoms with E-state index in [1.54, 1.807) is 0 Å². The molecule has 0 spiro atoms. The first-order valence-corrected chi connectivity index (χ1v) is 7.87. The molecule has 1 saturated heterocycles. The average molecular weight is 276 g/mol. The number of likely N-dealkylation sites (tertiary alicyclic amines) is 1. The predicted octanol–water partition coefficient (Wildman–Crippen LogP) is 2.78. The normalized spacial score (nSPS) is 21.6. The van der Waals surface area contributed by atoms with Gasteiger partial charge < -0.3 is 15.0 Å². The fraction of sp³-hybridized carbons (Fsp3) is 0.647. The van der Waals surface area contributed by atoms with E-state index in [2.05, 4.69) is 24.2 Å². The summed E-state index contributed by atoms with van der Waals surface area (Å²) in [7, 11) is 2.07. The number of hydrogen-bond acceptors (Lipinski definition) is 3. The third-order valence-electron chi connectivity index (χ3n) is 4.34. The minimum Gasteiger partial charge on any atom is -0.494 e. The maximum absolute atomic E-state index is 5.75. The zero-order chi connectivity index (χ0) is 14.2. The minimum atomic E-state index is 0.623. The Hall–Kier alpha value is -1.06. The van der Waals surface area contributed by atoms with E-state index in [1.807, 2.05) is 30.3 Å². The molecule has 1 aromatic carbocycles.